The molecular weight excluding hydrogens is 116 g/mol. The molecule has 1 aliphatic rings. The fourth-order valence-corrected chi connectivity index (χ4v) is 0.984. The van der Waals surface area contributed by atoms with E-state index in [2.05, 4.69) is 0 Å². The van der Waals surface area contributed by atoms with Crippen LogP contribution in [-0.2, 0) is 4.79 Å². The Bertz CT molecular complexity index is 150. The van der Waals surface area contributed by atoms with E-state index in [9.17, 15) is 4.79 Å². The van der Waals surface area contributed by atoms with Crippen molar-refractivity contribution in [3.8, 4) is 0 Å². The zero-order chi connectivity index (χ0) is 6.85. The number of carboxylic acids is 1. The van der Waals surface area contributed by atoms with E-state index in [4.69, 9.17) is 5.11 Å². The van der Waals surface area contributed by atoms with Crippen LogP contribution in [0.3, 0.4) is 0 Å². The molecule has 2 heteroatoms. The monoisotopic (exact) mass is 126 g/mol. The van der Waals surface area contributed by atoms with Crippen LogP contribution in [0, 0.1) is 5.92 Å². The molecule has 1 aliphatic carbocycles. The smallest absolute Gasteiger partial charge is 0.307 e. The van der Waals surface area contributed by atoms with E-state index in [-0.39, 0.29) is 5.92 Å². The van der Waals surface area contributed by atoms with Gasteiger partial charge < -0.3 is 5.11 Å². The summed E-state index contributed by atoms with van der Waals surface area (Å²) in [5, 5.41) is 8.42. The second-order valence-electron chi connectivity index (χ2n) is 2.39. The van der Waals surface area contributed by atoms with E-state index in [0.717, 1.165) is 12.8 Å². The Kier molecular flexibility index (Phi) is 1.56. The molecule has 0 atom stereocenters. The van der Waals surface area contributed by atoms with Gasteiger partial charge in [-0.15, -0.1) is 0 Å². The van der Waals surface area contributed by atoms with Crippen molar-refractivity contribution >= 4 is 5.97 Å². The van der Waals surface area contributed by atoms with Crippen molar-refractivity contribution in [2.75, 3.05) is 0 Å². The van der Waals surface area contributed by atoms with Crippen LogP contribution in [0.4, 0.5) is 0 Å². The molecule has 0 radical (unpaired) electrons. The number of allylic oxidation sites excluding steroid dienone is 2. The summed E-state index contributed by atoms with van der Waals surface area (Å²) in [5.74, 6) is -0.739. The first-order valence-electron chi connectivity index (χ1n) is 3.11. The van der Waals surface area contributed by atoms with Gasteiger partial charge in [-0.05, 0) is 19.8 Å². The Morgan fingerprint density at radius 3 is 2.67 bits per heavy atom. The minimum Gasteiger partial charge on any atom is -0.481 e. The van der Waals surface area contributed by atoms with Crippen LogP contribution in [0.2, 0.25) is 0 Å². The molecule has 0 unspecified atom stereocenters. The highest BCUT2D eigenvalue weighted by Crippen LogP contribution is 2.32. The standard InChI is InChI=1S/C7H10O2/c1-2-5-3-6(4-5)7(8)9/h2,6H,3-4H2,1H3,(H,8,9). The number of hydrogen-bond donors (Lipinski definition) is 1. The molecular formula is C7H10O2. The summed E-state index contributed by atoms with van der Waals surface area (Å²) in [4.78, 5) is 10.2. The third-order valence-electron chi connectivity index (χ3n) is 1.77. The number of aliphatic carboxylic acids is 1. The predicted octanol–water partition coefficient (Wildman–Crippen LogP) is 1.43. The summed E-state index contributed by atoms with van der Waals surface area (Å²) in [6.07, 6.45) is 3.54. The Balaban J connectivity index is 2.35. The van der Waals surface area contributed by atoms with Gasteiger partial charge in [0.1, 0.15) is 0 Å². The molecule has 0 aromatic heterocycles. The van der Waals surface area contributed by atoms with Crippen LogP contribution in [0.15, 0.2) is 11.6 Å². The van der Waals surface area contributed by atoms with Crippen LogP contribution in [-0.4, -0.2) is 11.1 Å². The fraction of sp³-hybridized carbons (Fsp3) is 0.571. The molecule has 0 aromatic carbocycles. The third kappa shape index (κ3) is 1.12. The van der Waals surface area contributed by atoms with Crippen LogP contribution >= 0.6 is 0 Å². The summed E-state index contributed by atoms with van der Waals surface area (Å²) in [6.45, 7) is 1.95. The molecule has 0 heterocycles. The van der Waals surface area contributed by atoms with Gasteiger partial charge in [0.15, 0.2) is 0 Å². The number of hydrogen-bond acceptors (Lipinski definition) is 1. The summed E-state index contributed by atoms with van der Waals surface area (Å²) in [6, 6.07) is 0. The van der Waals surface area contributed by atoms with Crippen LogP contribution in [0.5, 0.6) is 0 Å². The first-order chi connectivity index (χ1) is 4.24. The van der Waals surface area contributed by atoms with Crippen LogP contribution in [0.25, 0.3) is 0 Å². The topological polar surface area (TPSA) is 37.3 Å². The van der Waals surface area contributed by atoms with Crippen molar-refractivity contribution in [2.24, 2.45) is 5.92 Å². The molecule has 0 bridgehead atoms. The van der Waals surface area contributed by atoms with E-state index in [1.807, 2.05) is 13.0 Å². The Morgan fingerprint density at radius 1 is 1.78 bits per heavy atom. The van der Waals surface area contributed by atoms with Gasteiger partial charge in [0.2, 0.25) is 0 Å². The second-order valence-corrected chi connectivity index (χ2v) is 2.39. The lowest BCUT2D eigenvalue weighted by atomic mass is 9.80. The molecule has 0 saturated heterocycles. The molecule has 50 valence electrons. The summed E-state index contributed by atoms with van der Waals surface area (Å²) in [5.41, 5.74) is 1.28. The Morgan fingerprint density at radius 2 is 2.33 bits per heavy atom. The Hall–Kier alpha value is -0.790. The van der Waals surface area contributed by atoms with Crippen molar-refractivity contribution in [1.82, 2.24) is 0 Å². The second kappa shape index (κ2) is 2.21. The number of rotatable bonds is 1. The van der Waals surface area contributed by atoms with Crippen LogP contribution in [0.1, 0.15) is 19.8 Å². The highest BCUT2D eigenvalue weighted by Gasteiger charge is 2.28. The van der Waals surface area contributed by atoms with Gasteiger partial charge in [0.25, 0.3) is 0 Å². The van der Waals surface area contributed by atoms with E-state index in [0.29, 0.717) is 0 Å². The molecule has 0 amide bonds. The molecule has 9 heavy (non-hydrogen) atoms. The lowest BCUT2D eigenvalue weighted by Crippen LogP contribution is -2.23. The summed E-state index contributed by atoms with van der Waals surface area (Å²) >= 11 is 0. The molecule has 0 spiro atoms. The van der Waals surface area contributed by atoms with Crippen molar-refractivity contribution in [1.29, 1.82) is 0 Å². The van der Waals surface area contributed by atoms with E-state index in [1.165, 1.54) is 5.57 Å². The minimum atomic E-state index is -0.652. The predicted molar refractivity (Wildman–Crippen MR) is 34.1 cm³/mol. The van der Waals surface area contributed by atoms with Crippen LogP contribution < -0.4 is 0 Å². The average molecular weight is 126 g/mol. The van der Waals surface area contributed by atoms with E-state index < -0.39 is 5.97 Å². The zero-order valence-electron chi connectivity index (χ0n) is 5.42. The van der Waals surface area contributed by atoms with Crippen molar-refractivity contribution < 1.29 is 9.90 Å². The largest absolute Gasteiger partial charge is 0.481 e. The molecule has 1 fully saturated rings. The van der Waals surface area contributed by atoms with Gasteiger partial charge in [-0.3, -0.25) is 4.79 Å². The van der Waals surface area contributed by atoms with E-state index >= 15 is 0 Å². The highest BCUT2D eigenvalue weighted by atomic mass is 16.4. The number of carboxylic acid groups (broad SMARTS) is 1. The van der Waals surface area contributed by atoms with Gasteiger partial charge in [-0.1, -0.05) is 11.6 Å². The first kappa shape index (κ1) is 6.33. The van der Waals surface area contributed by atoms with Crippen molar-refractivity contribution in [3.63, 3.8) is 0 Å². The van der Waals surface area contributed by atoms with Gasteiger partial charge in [-0.25, -0.2) is 0 Å². The molecule has 0 aromatic rings. The van der Waals surface area contributed by atoms with E-state index in [1.54, 1.807) is 0 Å². The van der Waals surface area contributed by atoms with Crippen molar-refractivity contribution in [2.45, 2.75) is 19.8 Å². The maximum absolute atomic E-state index is 10.2. The quantitative estimate of drug-likeness (QED) is 0.539. The average Bonchev–Trinajstić information content (AvgIpc) is 1.61. The molecule has 1 saturated carbocycles. The van der Waals surface area contributed by atoms with Gasteiger partial charge in [-0.2, -0.15) is 0 Å². The zero-order valence-corrected chi connectivity index (χ0v) is 5.42. The van der Waals surface area contributed by atoms with Gasteiger partial charge >= 0.3 is 5.97 Å². The fourth-order valence-electron chi connectivity index (χ4n) is 0.984. The maximum atomic E-state index is 10.2. The van der Waals surface area contributed by atoms with Gasteiger partial charge in [0, 0.05) is 0 Å². The lowest BCUT2D eigenvalue weighted by Gasteiger charge is -2.24. The Labute approximate surface area is 54.2 Å². The first-order valence-corrected chi connectivity index (χ1v) is 3.11. The molecule has 0 aliphatic heterocycles. The highest BCUT2D eigenvalue weighted by molar-refractivity contribution is 5.72. The lowest BCUT2D eigenvalue weighted by molar-refractivity contribution is -0.143. The summed E-state index contributed by atoms with van der Waals surface area (Å²) in [7, 11) is 0. The number of carbonyl (C=O) groups is 1. The summed E-state index contributed by atoms with van der Waals surface area (Å²) < 4.78 is 0. The molecule has 1 rings (SSSR count). The SMILES string of the molecule is CC=C1CC(C(=O)O)C1. The maximum Gasteiger partial charge on any atom is 0.307 e. The molecule has 1 N–H and O–H groups in total. The normalized spacial score (nSPS) is 25.0. The van der Waals surface area contributed by atoms with Gasteiger partial charge in [0.05, 0.1) is 5.92 Å². The van der Waals surface area contributed by atoms with Crippen molar-refractivity contribution in [3.05, 3.63) is 11.6 Å². The molecule has 2 nitrogen and oxygen atoms in total. The third-order valence-corrected chi connectivity index (χ3v) is 1.77. The minimum absolute atomic E-state index is 0.0869.